The summed E-state index contributed by atoms with van der Waals surface area (Å²) in [4.78, 5) is 23.9. The summed E-state index contributed by atoms with van der Waals surface area (Å²) in [6, 6.07) is 8.86. The molecule has 0 fully saturated rings. The summed E-state index contributed by atoms with van der Waals surface area (Å²) in [6.07, 6.45) is 0. The van der Waals surface area contributed by atoms with E-state index in [0.29, 0.717) is 10.2 Å². The van der Waals surface area contributed by atoms with Crippen LogP contribution in [-0.2, 0) is 17.1 Å². The molecule has 0 saturated carbocycles. The molecule has 1 N–H and O–H groups in total. The minimum absolute atomic E-state index is 0. The third kappa shape index (κ3) is 5.70. The van der Waals surface area contributed by atoms with Crippen molar-refractivity contribution >= 4 is 43.5 Å². The number of carbonyl (C=O) groups is 2. The number of hydrogen-bond donors (Lipinski definition) is 1. The number of carboxylic acids is 2. The Labute approximate surface area is 213 Å². The zero-order valence-corrected chi connectivity index (χ0v) is 21.3. The molecule has 0 saturated heterocycles. The molecule has 0 amide bonds. The zero-order valence-electron chi connectivity index (χ0n) is 15.7. The van der Waals surface area contributed by atoms with Crippen molar-refractivity contribution in [1.82, 2.24) is 9.40 Å². The van der Waals surface area contributed by atoms with Crippen LogP contribution in [0.1, 0.15) is 20.7 Å². The fraction of sp³-hybridized carbons (Fsp3) is 0.0625. The van der Waals surface area contributed by atoms with E-state index in [9.17, 15) is 28.2 Å². The summed E-state index contributed by atoms with van der Waals surface area (Å²) >= 11 is 1.09. The summed E-state index contributed by atoms with van der Waals surface area (Å²) in [6.45, 7) is 0. The molecular formula is C16H11N3Na2O6S2. The number of nitrogens with zero attached hydrogens (tertiary/aromatic N) is 2. The van der Waals surface area contributed by atoms with Crippen molar-refractivity contribution in [2.75, 3.05) is 0 Å². The van der Waals surface area contributed by atoms with Gasteiger partial charge in [0.05, 0.1) is 27.1 Å². The van der Waals surface area contributed by atoms with Crippen LogP contribution in [0.25, 0.3) is 10.2 Å². The first-order valence-corrected chi connectivity index (χ1v) is 9.67. The smallest absolute Gasteiger partial charge is 0.545 e. The van der Waals surface area contributed by atoms with E-state index in [1.165, 1.54) is 12.1 Å². The molecule has 0 aliphatic heterocycles. The van der Waals surface area contributed by atoms with Crippen molar-refractivity contribution in [3.8, 4) is 0 Å². The first-order chi connectivity index (χ1) is 12.7. The van der Waals surface area contributed by atoms with Gasteiger partial charge in [-0.15, -0.1) is 5.10 Å². The first-order valence-electron chi connectivity index (χ1n) is 7.37. The molecule has 0 aliphatic carbocycles. The molecule has 29 heavy (non-hydrogen) atoms. The second-order valence-electron chi connectivity index (χ2n) is 5.43. The van der Waals surface area contributed by atoms with Crippen LogP contribution in [-0.4, -0.2) is 24.9 Å². The van der Waals surface area contributed by atoms with E-state index in [2.05, 4.69) is 9.93 Å². The molecule has 3 rings (SSSR count). The number of hydrogen-bond acceptors (Lipinski definition) is 8. The first kappa shape index (κ1) is 25.9. The van der Waals surface area contributed by atoms with Crippen LogP contribution in [0.5, 0.6) is 0 Å². The molecule has 0 aliphatic rings. The van der Waals surface area contributed by atoms with Gasteiger partial charge in [-0.1, -0.05) is 29.5 Å². The third-order valence-corrected chi connectivity index (χ3v) is 6.03. The van der Waals surface area contributed by atoms with E-state index in [1.807, 2.05) is 0 Å². The molecule has 1 aromatic heterocycles. The van der Waals surface area contributed by atoms with Crippen LogP contribution in [0.15, 0.2) is 52.5 Å². The second kappa shape index (κ2) is 10.2. The average Bonchev–Trinajstić information content (AvgIpc) is 2.95. The summed E-state index contributed by atoms with van der Waals surface area (Å²) in [7, 11) is -2.37. The van der Waals surface area contributed by atoms with Crippen molar-refractivity contribution in [3.63, 3.8) is 0 Å². The molecule has 0 bridgehead atoms. The van der Waals surface area contributed by atoms with E-state index in [1.54, 1.807) is 17.7 Å². The van der Waals surface area contributed by atoms with Crippen molar-refractivity contribution in [2.45, 2.75) is 4.90 Å². The number of carbonyl (C=O) groups excluding carboxylic acids is 2. The van der Waals surface area contributed by atoms with Gasteiger partial charge in [-0.3, -0.25) is 0 Å². The van der Waals surface area contributed by atoms with E-state index < -0.39 is 22.0 Å². The molecule has 1 heterocycles. The van der Waals surface area contributed by atoms with Gasteiger partial charge in [0.15, 0.2) is 0 Å². The Bertz CT molecular complexity index is 1230. The van der Waals surface area contributed by atoms with E-state index in [0.717, 1.165) is 35.6 Å². The minimum atomic E-state index is -4.02. The number of sulfonamides is 1. The Kier molecular flexibility index (Phi) is 9.12. The van der Waals surface area contributed by atoms with E-state index in [4.69, 9.17) is 0 Å². The fourth-order valence-electron chi connectivity index (χ4n) is 2.29. The molecule has 0 spiro atoms. The van der Waals surface area contributed by atoms with Crippen LogP contribution in [0.3, 0.4) is 0 Å². The second-order valence-corrected chi connectivity index (χ2v) is 8.10. The van der Waals surface area contributed by atoms with Crippen molar-refractivity contribution in [3.05, 3.63) is 58.4 Å². The summed E-state index contributed by atoms with van der Waals surface area (Å²) < 4.78 is 26.8. The molecule has 13 heteroatoms. The van der Waals surface area contributed by atoms with Gasteiger partial charge in [-0.2, -0.15) is 13.2 Å². The summed E-state index contributed by atoms with van der Waals surface area (Å²) in [5.74, 6) is -2.73. The number of aryl methyl sites for hydroxylation is 1. The number of nitrogens with one attached hydrogen (secondary N) is 1. The van der Waals surface area contributed by atoms with Gasteiger partial charge in [0, 0.05) is 7.05 Å². The Morgan fingerprint density at radius 3 is 2.10 bits per heavy atom. The monoisotopic (exact) mass is 451 g/mol. The largest absolute Gasteiger partial charge is 1.00 e. The number of aromatic carboxylic acids is 2. The molecule has 140 valence electrons. The van der Waals surface area contributed by atoms with E-state index >= 15 is 0 Å². The van der Waals surface area contributed by atoms with Crippen molar-refractivity contribution < 1.29 is 87.3 Å². The summed E-state index contributed by atoms with van der Waals surface area (Å²) in [5, 5.41) is 25.5. The molecule has 0 radical (unpaired) electrons. The van der Waals surface area contributed by atoms with E-state index in [-0.39, 0.29) is 79.9 Å². The van der Waals surface area contributed by atoms with Gasteiger partial charge < -0.3 is 24.4 Å². The number of aromatic nitrogens is 1. The molecule has 0 unspecified atom stereocenters. The standard InChI is InChI=1S/C16H13N3O6S2.2Na/c1-19-12-7-4-10(15(22)23)8-13(12)26-16(19)17-18-27(24,25)11-5-2-9(3-6-11)14(20)21;;/h2-8,18H,1H3,(H,20,21)(H,22,23);;/q;2*+1/p-2/b17-16-;;. The molecule has 9 nitrogen and oxygen atoms in total. The predicted molar refractivity (Wildman–Crippen MR) is 91.8 cm³/mol. The maximum absolute atomic E-state index is 12.3. The van der Waals surface area contributed by atoms with Crippen LogP contribution in [0, 0.1) is 0 Å². The van der Waals surface area contributed by atoms with Crippen molar-refractivity contribution in [2.24, 2.45) is 12.1 Å². The van der Waals surface area contributed by atoms with Gasteiger partial charge >= 0.3 is 59.1 Å². The SMILES string of the molecule is Cn1/c(=N/NS(=O)(=O)c2ccc(C(=O)[O-])cc2)sc2cc(C(=O)[O-])ccc21.[Na+].[Na+]. The number of rotatable bonds is 5. The minimum Gasteiger partial charge on any atom is -0.545 e. The number of benzene rings is 2. The van der Waals surface area contributed by atoms with Crippen LogP contribution < -0.4 is 79.0 Å². The summed E-state index contributed by atoms with van der Waals surface area (Å²) in [5.41, 5.74) is 0.524. The Morgan fingerprint density at radius 2 is 1.55 bits per heavy atom. The third-order valence-electron chi connectivity index (χ3n) is 3.71. The maximum Gasteiger partial charge on any atom is 1.00 e. The van der Waals surface area contributed by atoms with Crippen LogP contribution in [0.2, 0.25) is 0 Å². The van der Waals surface area contributed by atoms with Crippen molar-refractivity contribution in [1.29, 1.82) is 0 Å². The van der Waals surface area contributed by atoms with Gasteiger partial charge in [-0.25, -0.2) is 0 Å². The Morgan fingerprint density at radius 1 is 1.00 bits per heavy atom. The van der Waals surface area contributed by atoms with Gasteiger partial charge in [0.25, 0.3) is 10.0 Å². The Balaban J connectivity index is 0.00000210. The fourth-order valence-corrected chi connectivity index (χ4v) is 4.17. The average molecular weight is 451 g/mol. The number of carboxylic acid groups (broad SMARTS) is 2. The van der Waals surface area contributed by atoms with Crippen LogP contribution in [0.4, 0.5) is 0 Å². The topological polar surface area (TPSA) is 144 Å². The molecule has 0 atom stereocenters. The van der Waals surface area contributed by atoms with Crippen LogP contribution >= 0.6 is 11.3 Å². The number of thiazole rings is 1. The normalized spacial score (nSPS) is 11.4. The maximum atomic E-state index is 12.3. The quantitative estimate of drug-likeness (QED) is 0.302. The zero-order chi connectivity index (χ0) is 19.8. The van der Waals surface area contributed by atoms with Gasteiger partial charge in [-0.05, 0) is 35.4 Å². The van der Waals surface area contributed by atoms with Gasteiger partial charge in [0.1, 0.15) is 0 Å². The van der Waals surface area contributed by atoms with Gasteiger partial charge in [0.2, 0.25) is 4.80 Å². The molecule has 2 aromatic carbocycles. The number of fused-ring (bicyclic) bond motifs is 1. The molecular weight excluding hydrogens is 440 g/mol. The Hall–Kier alpha value is -1.18. The molecule has 3 aromatic rings. The predicted octanol–water partition coefficient (Wildman–Crippen LogP) is -7.23.